The molecule has 0 saturated heterocycles. The Hall–Kier alpha value is -1.34. The largest absolute Gasteiger partial charge is 0.357 e. The van der Waals surface area contributed by atoms with Gasteiger partial charge in [-0.3, -0.25) is 4.99 Å². The van der Waals surface area contributed by atoms with Gasteiger partial charge in [0.05, 0.1) is 12.3 Å². The average Bonchev–Trinajstić information content (AvgIpc) is 2.43. The first-order valence-electron chi connectivity index (χ1n) is 7.70. The summed E-state index contributed by atoms with van der Waals surface area (Å²) in [5.41, 5.74) is 0.408. The van der Waals surface area contributed by atoms with Gasteiger partial charge < -0.3 is 10.6 Å². The van der Waals surface area contributed by atoms with E-state index in [1.165, 1.54) is 18.4 Å². The number of aliphatic imine (C=N–C) groups is 1. The van der Waals surface area contributed by atoms with Gasteiger partial charge in [-0.2, -0.15) is 0 Å². The van der Waals surface area contributed by atoms with Crippen LogP contribution in [-0.4, -0.2) is 46.0 Å². The van der Waals surface area contributed by atoms with Gasteiger partial charge in [-0.05, 0) is 24.6 Å². The summed E-state index contributed by atoms with van der Waals surface area (Å²) in [4.78, 5) is 4.49. The fraction of sp³-hybridized carbons (Fsp3) is 0.562. The van der Waals surface area contributed by atoms with Crippen molar-refractivity contribution in [3.05, 3.63) is 34.6 Å². The van der Waals surface area contributed by atoms with Gasteiger partial charge in [0.1, 0.15) is 15.7 Å². The van der Waals surface area contributed by atoms with Gasteiger partial charge in [0.25, 0.3) is 0 Å². The molecule has 0 bridgehead atoms. The fourth-order valence-corrected chi connectivity index (χ4v) is 2.99. The number of halogens is 2. The van der Waals surface area contributed by atoms with Crippen LogP contribution < -0.4 is 10.6 Å². The first kappa shape index (κ1) is 20.7. The van der Waals surface area contributed by atoms with Crippen LogP contribution in [0.15, 0.2) is 23.2 Å². The van der Waals surface area contributed by atoms with E-state index in [-0.39, 0.29) is 18.1 Å². The topological polar surface area (TPSA) is 70.6 Å². The molecule has 1 rings (SSSR count). The van der Waals surface area contributed by atoms with Crippen molar-refractivity contribution in [2.75, 3.05) is 31.6 Å². The Morgan fingerprint density at radius 3 is 2.54 bits per heavy atom. The molecule has 0 radical (unpaired) electrons. The number of rotatable bonds is 7. The van der Waals surface area contributed by atoms with Gasteiger partial charge in [0.2, 0.25) is 0 Å². The molecule has 5 nitrogen and oxygen atoms in total. The van der Waals surface area contributed by atoms with Crippen LogP contribution in [0.5, 0.6) is 0 Å². The summed E-state index contributed by atoms with van der Waals surface area (Å²) >= 11 is 6.14. The minimum absolute atomic E-state index is 0.0323. The third kappa shape index (κ3) is 7.05. The molecule has 136 valence electrons. The maximum Gasteiger partial charge on any atom is 0.191 e. The highest BCUT2D eigenvalue weighted by Gasteiger charge is 2.23. The monoisotopic (exact) mass is 377 g/mol. The fourth-order valence-electron chi connectivity index (χ4n) is 2.10. The second-order valence-corrected chi connectivity index (χ2v) is 8.93. The van der Waals surface area contributed by atoms with Crippen LogP contribution in [-0.2, 0) is 15.3 Å². The lowest BCUT2D eigenvalue weighted by Gasteiger charge is -2.25. The van der Waals surface area contributed by atoms with Gasteiger partial charge in [-0.25, -0.2) is 12.8 Å². The molecule has 0 aromatic heterocycles. The van der Waals surface area contributed by atoms with Crippen molar-refractivity contribution in [2.24, 2.45) is 4.99 Å². The molecule has 0 aliphatic heterocycles. The van der Waals surface area contributed by atoms with E-state index in [9.17, 15) is 12.8 Å². The van der Waals surface area contributed by atoms with Crippen LogP contribution in [0.2, 0.25) is 5.02 Å². The van der Waals surface area contributed by atoms with Gasteiger partial charge in [-0.1, -0.05) is 31.5 Å². The van der Waals surface area contributed by atoms with Crippen molar-refractivity contribution >= 4 is 27.4 Å². The van der Waals surface area contributed by atoms with E-state index < -0.39 is 15.3 Å². The zero-order valence-electron chi connectivity index (χ0n) is 14.5. The average molecular weight is 378 g/mol. The van der Waals surface area contributed by atoms with E-state index >= 15 is 0 Å². The number of hydrogen-bond donors (Lipinski definition) is 2. The molecule has 0 aliphatic rings. The molecule has 24 heavy (non-hydrogen) atoms. The number of sulfone groups is 1. The standard InChI is InChI=1S/C16H25ClFN3O2S/c1-5-19-15(20-8-9-24(4,22)23)21-11-16(2,3)13-7-6-12(18)10-14(13)17/h6-7,10H,5,8-9,11H2,1-4H3,(H2,19,20,21). The van der Waals surface area contributed by atoms with E-state index in [2.05, 4.69) is 15.6 Å². The van der Waals surface area contributed by atoms with E-state index in [0.717, 1.165) is 5.56 Å². The number of nitrogens with zero attached hydrogens (tertiary/aromatic N) is 1. The predicted octanol–water partition coefficient (Wildman–Crippen LogP) is 2.36. The number of hydrogen-bond acceptors (Lipinski definition) is 3. The van der Waals surface area contributed by atoms with E-state index in [1.54, 1.807) is 6.07 Å². The van der Waals surface area contributed by atoms with Crippen molar-refractivity contribution in [1.29, 1.82) is 0 Å². The second-order valence-electron chi connectivity index (χ2n) is 6.26. The lowest BCUT2D eigenvalue weighted by molar-refractivity contribution is 0.535. The predicted molar refractivity (Wildman–Crippen MR) is 98.1 cm³/mol. The second kappa shape index (κ2) is 8.67. The highest BCUT2D eigenvalue weighted by molar-refractivity contribution is 7.90. The molecule has 0 saturated carbocycles. The third-order valence-corrected chi connectivity index (χ3v) is 4.66. The first-order valence-corrected chi connectivity index (χ1v) is 10.1. The summed E-state index contributed by atoms with van der Waals surface area (Å²) < 4.78 is 35.6. The minimum Gasteiger partial charge on any atom is -0.357 e. The third-order valence-electron chi connectivity index (χ3n) is 3.40. The molecule has 0 unspecified atom stereocenters. The molecule has 1 aromatic rings. The SMILES string of the molecule is CCNC(=NCC(C)(C)c1ccc(F)cc1Cl)NCCS(C)(=O)=O. The van der Waals surface area contributed by atoms with Crippen LogP contribution in [0.4, 0.5) is 4.39 Å². The Labute approximate surface area is 148 Å². The Kier molecular flexibility index (Phi) is 7.48. The van der Waals surface area contributed by atoms with Crippen molar-refractivity contribution in [2.45, 2.75) is 26.2 Å². The van der Waals surface area contributed by atoms with Crippen molar-refractivity contribution in [3.63, 3.8) is 0 Å². The van der Waals surface area contributed by atoms with Crippen LogP contribution >= 0.6 is 11.6 Å². The lowest BCUT2D eigenvalue weighted by Crippen LogP contribution is -2.40. The number of guanidine groups is 1. The summed E-state index contributed by atoms with van der Waals surface area (Å²) in [6.45, 7) is 7.21. The van der Waals surface area contributed by atoms with E-state index in [0.29, 0.717) is 24.1 Å². The van der Waals surface area contributed by atoms with Crippen LogP contribution in [0.3, 0.4) is 0 Å². The maximum absolute atomic E-state index is 13.2. The summed E-state index contributed by atoms with van der Waals surface area (Å²) in [5, 5.41) is 6.43. The van der Waals surface area contributed by atoms with Gasteiger partial charge >= 0.3 is 0 Å². The molecule has 8 heteroatoms. The molecule has 0 atom stereocenters. The normalized spacial score (nSPS) is 13.0. The molecular formula is C16H25ClFN3O2S. The molecule has 2 N–H and O–H groups in total. The molecule has 1 aromatic carbocycles. The zero-order chi connectivity index (χ0) is 18.4. The van der Waals surface area contributed by atoms with Crippen LogP contribution in [0.1, 0.15) is 26.3 Å². The molecule has 0 spiro atoms. The Balaban J connectivity index is 2.82. The molecule has 0 amide bonds. The molecular weight excluding hydrogens is 353 g/mol. The van der Waals surface area contributed by atoms with Crippen molar-refractivity contribution in [1.82, 2.24) is 10.6 Å². The Bertz CT molecular complexity index is 691. The molecule has 0 fully saturated rings. The van der Waals surface area contributed by atoms with Crippen LogP contribution in [0.25, 0.3) is 0 Å². The maximum atomic E-state index is 13.2. The van der Waals surface area contributed by atoms with E-state index in [1.807, 2.05) is 20.8 Å². The lowest BCUT2D eigenvalue weighted by atomic mass is 9.84. The Morgan fingerprint density at radius 2 is 2.00 bits per heavy atom. The van der Waals surface area contributed by atoms with Crippen molar-refractivity contribution < 1.29 is 12.8 Å². The number of nitrogens with one attached hydrogen (secondary N) is 2. The van der Waals surface area contributed by atoms with Crippen molar-refractivity contribution in [3.8, 4) is 0 Å². The number of benzene rings is 1. The van der Waals surface area contributed by atoms with Gasteiger partial charge in [0.15, 0.2) is 5.96 Å². The van der Waals surface area contributed by atoms with E-state index in [4.69, 9.17) is 11.6 Å². The first-order chi connectivity index (χ1) is 11.0. The summed E-state index contributed by atoms with van der Waals surface area (Å²) in [5.74, 6) is 0.191. The molecule has 0 heterocycles. The quantitative estimate of drug-likeness (QED) is 0.565. The highest BCUT2D eigenvalue weighted by Crippen LogP contribution is 2.30. The molecule has 0 aliphatic carbocycles. The van der Waals surface area contributed by atoms with Crippen LogP contribution in [0, 0.1) is 5.82 Å². The minimum atomic E-state index is -3.03. The van der Waals surface area contributed by atoms with Gasteiger partial charge in [0, 0.05) is 29.8 Å². The summed E-state index contributed by atoms with van der Waals surface area (Å²) in [6.07, 6.45) is 1.19. The summed E-state index contributed by atoms with van der Waals surface area (Å²) in [6, 6.07) is 4.33. The highest BCUT2D eigenvalue weighted by atomic mass is 35.5. The summed E-state index contributed by atoms with van der Waals surface area (Å²) in [7, 11) is -3.03. The smallest absolute Gasteiger partial charge is 0.191 e. The Morgan fingerprint density at radius 1 is 1.33 bits per heavy atom. The van der Waals surface area contributed by atoms with Gasteiger partial charge in [-0.15, -0.1) is 0 Å². The zero-order valence-corrected chi connectivity index (χ0v) is 16.1.